The standard InChI is InChI=1S/C28H33N5O3S2/c1-3-5-6-9-15-33-25(20-16-29-21-13-8-7-11-18(20)21)31-32-28(33)37-17-23(34)30-26-24(27(35)36-4-2)19-12-10-14-22(19)38-26/h7-8,11,13,16,29H,3-6,9-10,12,14-15,17H2,1-2H3,(H,30,34). The summed E-state index contributed by atoms with van der Waals surface area (Å²) in [5.41, 5.74) is 3.62. The summed E-state index contributed by atoms with van der Waals surface area (Å²) in [5.74, 6) is 0.451. The molecular formula is C28H33N5O3S2. The molecule has 0 saturated heterocycles. The lowest BCUT2D eigenvalue weighted by Crippen LogP contribution is -2.17. The quantitative estimate of drug-likeness (QED) is 0.119. The molecule has 200 valence electrons. The molecule has 2 N–H and O–H groups in total. The topological polar surface area (TPSA) is 102 Å². The third-order valence-corrected chi connectivity index (χ3v) is 8.94. The van der Waals surface area contributed by atoms with Gasteiger partial charge in [0, 0.05) is 34.1 Å². The lowest BCUT2D eigenvalue weighted by Gasteiger charge is -2.10. The van der Waals surface area contributed by atoms with E-state index in [1.807, 2.05) is 24.4 Å². The van der Waals surface area contributed by atoms with Crippen molar-refractivity contribution in [2.75, 3.05) is 17.7 Å². The van der Waals surface area contributed by atoms with Crippen LogP contribution >= 0.6 is 23.1 Å². The zero-order valence-corrected chi connectivity index (χ0v) is 23.5. The van der Waals surface area contributed by atoms with Gasteiger partial charge in [0.05, 0.1) is 17.9 Å². The molecule has 0 fully saturated rings. The van der Waals surface area contributed by atoms with Crippen LogP contribution in [0.3, 0.4) is 0 Å². The van der Waals surface area contributed by atoms with E-state index in [4.69, 9.17) is 4.74 Å². The third-order valence-electron chi connectivity index (χ3n) is 6.77. The number of aromatic nitrogens is 4. The normalized spacial score (nSPS) is 12.7. The SMILES string of the molecule is CCCCCCn1c(SCC(=O)Nc2sc3c(c2C(=O)OCC)CCC3)nnc1-c1c[nH]c2ccccc12. The smallest absolute Gasteiger partial charge is 0.341 e. The number of aromatic amines is 1. The van der Waals surface area contributed by atoms with Crippen molar-refractivity contribution in [1.29, 1.82) is 0 Å². The molecule has 0 bridgehead atoms. The molecule has 0 unspecified atom stereocenters. The largest absolute Gasteiger partial charge is 0.462 e. The minimum Gasteiger partial charge on any atom is -0.462 e. The fraction of sp³-hybridized carbons (Fsp3) is 0.429. The molecule has 0 spiro atoms. The number of rotatable bonds is 12. The van der Waals surface area contributed by atoms with E-state index in [0.29, 0.717) is 17.2 Å². The van der Waals surface area contributed by atoms with Gasteiger partial charge in [-0.25, -0.2) is 4.79 Å². The van der Waals surface area contributed by atoms with Crippen LogP contribution in [-0.4, -0.2) is 44.0 Å². The fourth-order valence-corrected chi connectivity index (χ4v) is 7.01. The summed E-state index contributed by atoms with van der Waals surface area (Å²) in [6, 6.07) is 8.16. The van der Waals surface area contributed by atoms with E-state index in [-0.39, 0.29) is 17.6 Å². The van der Waals surface area contributed by atoms with Crippen LogP contribution in [0, 0.1) is 0 Å². The van der Waals surface area contributed by atoms with Gasteiger partial charge in [-0.15, -0.1) is 21.5 Å². The van der Waals surface area contributed by atoms with Crippen LogP contribution in [0.5, 0.6) is 0 Å². The van der Waals surface area contributed by atoms with Crippen LogP contribution in [0.1, 0.15) is 66.8 Å². The summed E-state index contributed by atoms with van der Waals surface area (Å²) < 4.78 is 7.42. The number of thioether (sulfide) groups is 1. The zero-order chi connectivity index (χ0) is 26.5. The fourth-order valence-electron chi connectivity index (χ4n) is 4.95. The van der Waals surface area contributed by atoms with Crippen molar-refractivity contribution >= 4 is 50.9 Å². The number of amides is 1. The maximum Gasteiger partial charge on any atom is 0.341 e. The molecule has 1 aliphatic rings. The first kappa shape index (κ1) is 26.5. The van der Waals surface area contributed by atoms with E-state index in [0.717, 1.165) is 71.7 Å². The molecule has 8 nitrogen and oxygen atoms in total. The number of ether oxygens (including phenoxy) is 1. The number of fused-ring (bicyclic) bond motifs is 2. The number of esters is 1. The van der Waals surface area contributed by atoms with Crippen molar-refractivity contribution in [2.24, 2.45) is 0 Å². The first-order valence-corrected chi connectivity index (χ1v) is 15.1. The lowest BCUT2D eigenvalue weighted by atomic mass is 10.1. The Bertz CT molecular complexity index is 1440. The molecule has 1 aromatic carbocycles. The Morgan fingerprint density at radius 3 is 2.87 bits per heavy atom. The number of nitrogens with zero attached hydrogens (tertiary/aromatic N) is 3. The van der Waals surface area contributed by atoms with Crippen molar-refractivity contribution in [3.8, 4) is 11.4 Å². The van der Waals surface area contributed by atoms with Crippen LogP contribution in [0.4, 0.5) is 5.00 Å². The predicted octanol–water partition coefficient (Wildman–Crippen LogP) is 6.46. The number of thiophene rings is 1. The highest BCUT2D eigenvalue weighted by Crippen LogP contribution is 2.39. The highest BCUT2D eigenvalue weighted by molar-refractivity contribution is 7.99. The van der Waals surface area contributed by atoms with Gasteiger partial charge in [0.1, 0.15) is 5.00 Å². The minimum atomic E-state index is -0.356. The molecule has 0 radical (unpaired) electrons. The number of carbonyl (C=O) groups is 2. The molecule has 0 saturated carbocycles. The highest BCUT2D eigenvalue weighted by atomic mass is 32.2. The molecule has 0 atom stereocenters. The Hall–Kier alpha value is -3.11. The maximum atomic E-state index is 13.0. The van der Waals surface area contributed by atoms with E-state index in [9.17, 15) is 9.59 Å². The van der Waals surface area contributed by atoms with Crippen LogP contribution in [-0.2, 0) is 28.9 Å². The van der Waals surface area contributed by atoms with E-state index in [1.165, 1.54) is 40.8 Å². The molecule has 3 aromatic heterocycles. The second kappa shape index (κ2) is 12.2. The minimum absolute atomic E-state index is 0.172. The molecule has 3 heterocycles. The van der Waals surface area contributed by atoms with Crippen LogP contribution < -0.4 is 5.32 Å². The van der Waals surface area contributed by atoms with E-state index < -0.39 is 0 Å². The maximum absolute atomic E-state index is 13.0. The predicted molar refractivity (Wildman–Crippen MR) is 153 cm³/mol. The highest BCUT2D eigenvalue weighted by Gasteiger charge is 2.28. The first-order valence-electron chi connectivity index (χ1n) is 13.3. The number of nitrogens with one attached hydrogen (secondary N) is 2. The molecule has 1 aliphatic carbocycles. The number of anilines is 1. The molecule has 4 aromatic rings. The Labute approximate surface area is 230 Å². The molecule has 38 heavy (non-hydrogen) atoms. The van der Waals surface area contributed by atoms with Crippen molar-refractivity contribution in [2.45, 2.75) is 70.5 Å². The summed E-state index contributed by atoms with van der Waals surface area (Å²) in [7, 11) is 0. The number of hydrogen-bond acceptors (Lipinski definition) is 7. The summed E-state index contributed by atoms with van der Waals surface area (Å²) in [6.45, 7) is 5.09. The van der Waals surface area contributed by atoms with Crippen molar-refractivity contribution in [3.05, 3.63) is 46.5 Å². The summed E-state index contributed by atoms with van der Waals surface area (Å²) in [6.07, 6.45) is 9.30. The Kier molecular flexibility index (Phi) is 8.48. The second-order valence-electron chi connectivity index (χ2n) is 9.39. The van der Waals surface area contributed by atoms with Gasteiger partial charge in [-0.05, 0) is 44.2 Å². The number of unbranched alkanes of at least 4 members (excludes halogenated alkanes) is 3. The summed E-state index contributed by atoms with van der Waals surface area (Å²) >= 11 is 2.87. The van der Waals surface area contributed by atoms with Gasteiger partial charge in [0.25, 0.3) is 0 Å². The summed E-state index contributed by atoms with van der Waals surface area (Å²) in [4.78, 5) is 30.2. The van der Waals surface area contributed by atoms with Gasteiger partial charge in [0.2, 0.25) is 5.91 Å². The molecule has 5 rings (SSSR count). The number of carbonyl (C=O) groups excluding carboxylic acids is 2. The zero-order valence-electron chi connectivity index (χ0n) is 21.8. The molecule has 0 aliphatic heterocycles. The van der Waals surface area contributed by atoms with Crippen molar-refractivity contribution in [3.63, 3.8) is 0 Å². The monoisotopic (exact) mass is 551 g/mol. The average Bonchev–Trinajstić information content (AvgIpc) is 3.68. The van der Waals surface area contributed by atoms with Gasteiger partial charge in [-0.2, -0.15) is 0 Å². The van der Waals surface area contributed by atoms with Gasteiger partial charge in [-0.3, -0.25) is 4.79 Å². The lowest BCUT2D eigenvalue weighted by molar-refractivity contribution is -0.113. The van der Waals surface area contributed by atoms with Crippen LogP contribution in [0.15, 0.2) is 35.6 Å². The van der Waals surface area contributed by atoms with E-state index in [2.05, 4.69) is 38.1 Å². The van der Waals surface area contributed by atoms with Crippen molar-refractivity contribution in [1.82, 2.24) is 19.7 Å². The van der Waals surface area contributed by atoms with Crippen LogP contribution in [0.25, 0.3) is 22.3 Å². The first-order chi connectivity index (χ1) is 18.6. The summed E-state index contributed by atoms with van der Waals surface area (Å²) in [5, 5.41) is 14.4. The van der Waals surface area contributed by atoms with E-state index in [1.54, 1.807) is 6.92 Å². The van der Waals surface area contributed by atoms with Gasteiger partial charge in [-0.1, -0.05) is 56.1 Å². The van der Waals surface area contributed by atoms with Gasteiger partial charge >= 0.3 is 5.97 Å². The Morgan fingerprint density at radius 1 is 1.16 bits per heavy atom. The third kappa shape index (κ3) is 5.51. The molecule has 10 heteroatoms. The Balaban J connectivity index is 1.33. The number of benzene rings is 1. The number of hydrogen-bond donors (Lipinski definition) is 2. The van der Waals surface area contributed by atoms with Crippen molar-refractivity contribution < 1.29 is 14.3 Å². The van der Waals surface area contributed by atoms with E-state index >= 15 is 0 Å². The molecular weight excluding hydrogens is 518 g/mol. The molecule has 1 amide bonds. The average molecular weight is 552 g/mol. The second-order valence-corrected chi connectivity index (χ2v) is 11.4. The van der Waals surface area contributed by atoms with Gasteiger partial charge < -0.3 is 19.6 Å². The number of H-pyrrole nitrogens is 1. The van der Waals surface area contributed by atoms with Gasteiger partial charge in [0.15, 0.2) is 11.0 Å². The Morgan fingerprint density at radius 2 is 2.03 bits per heavy atom. The number of aryl methyl sites for hydroxylation is 1. The number of para-hydroxylation sites is 1. The van der Waals surface area contributed by atoms with Crippen LogP contribution in [0.2, 0.25) is 0 Å².